The third kappa shape index (κ3) is 4.57. The van der Waals surface area contributed by atoms with Crippen molar-refractivity contribution in [1.82, 2.24) is 9.97 Å². The van der Waals surface area contributed by atoms with Crippen molar-refractivity contribution in [1.29, 1.82) is 0 Å². The van der Waals surface area contributed by atoms with Crippen LogP contribution in [0.3, 0.4) is 0 Å². The molecule has 0 aliphatic heterocycles. The van der Waals surface area contributed by atoms with Crippen LogP contribution in [0.5, 0.6) is 0 Å². The number of nitrogens with zero attached hydrogens (tertiary/aromatic N) is 3. The molecule has 0 aliphatic rings. The number of nitrogens with one attached hydrogen (secondary N) is 1. The van der Waals surface area contributed by atoms with E-state index in [0.717, 1.165) is 0 Å². The van der Waals surface area contributed by atoms with E-state index in [9.17, 15) is 9.59 Å². The number of anilines is 2. The van der Waals surface area contributed by atoms with E-state index in [2.05, 4.69) is 15.3 Å². The van der Waals surface area contributed by atoms with Gasteiger partial charge in [0.25, 0.3) is 0 Å². The van der Waals surface area contributed by atoms with Gasteiger partial charge in [0, 0.05) is 18.1 Å². The smallest absolute Gasteiger partial charge is 0.323 e. The minimum atomic E-state index is -1.06. The number of rotatable bonds is 6. The van der Waals surface area contributed by atoms with Gasteiger partial charge in [0.2, 0.25) is 11.9 Å². The van der Waals surface area contributed by atoms with E-state index >= 15 is 0 Å². The van der Waals surface area contributed by atoms with Crippen LogP contribution >= 0.6 is 0 Å². The summed E-state index contributed by atoms with van der Waals surface area (Å²) in [6, 6.07) is 10.5. The number of amides is 1. The number of carboxylic acids is 1. The highest BCUT2D eigenvalue weighted by Crippen LogP contribution is 2.07. The zero-order valence-corrected chi connectivity index (χ0v) is 11.1. The van der Waals surface area contributed by atoms with Crippen molar-refractivity contribution < 1.29 is 14.7 Å². The fourth-order valence-electron chi connectivity index (χ4n) is 1.71. The molecule has 0 saturated heterocycles. The van der Waals surface area contributed by atoms with Gasteiger partial charge < -0.3 is 15.3 Å². The van der Waals surface area contributed by atoms with E-state index < -0.39 is 5.97 Å². The number of carbonyl (C=O) groups excluding carboxylic acids is 1. The standard InChI is InChI=1S/C14H14N4O3/c19-12(17-11-5-2-1-3-6-11)9-18(10-13(20)21)14-15-7-4-8-16-14/h1-8H,9-10H2,(H,17,19)(H,20,21). The van der Waals surface area contributed by atoms with E-state index in [1.807, 2.05) is 6.07 Å². The van der Waals surface area contributed by atoms with E-state index in [1.165, 1.54) is 17.3 Å². The van der Waals surface area contributed by atoms with Gasteiger partial charge in [-0.2, -0.15) is 0 Å². The van der Waals surface area contributed by atoms with E-state index in [-0.39, 0.29) is 24.9 Å². The molecule has 0 fully saturated rings. The van der Waals surface area contributed by atoms with Crippen molar-refractivity contribution in [3.8, 4) is 0 Å². The van der Waals surface area contributed by atoms with Crippen LogP contribution in [-0.4, -0.2) is 40.0 Å². The highest BCUT2D eigenvalue weighted by Gasteiger charge is 2.16. The van der Waals surface area contributed by atoms with Crippen molar-refractivity contribution >= 4 is 23.5 Å². The summed E-state index contributed by atoms with van der Waals surface area (Å²) in [5.74, 6) is -1.20. The highest BCUT2D eigenvalue weighted by molar-refractivity contribution is 5.94. The van der Waals surface area contributed by atoms with Gasteiger partial charge in [-0.1, -0.05) is 18.2 Å². The Morgan fingerprint density at radius 2 is 1.71 bits per heavy atom. The molecule has 7 nitrogen and oxygen atoms in total. The summed E-state index contributed by atoms with van der Waals surface area (Å²) in [6.07, 6.45) is 2.98. The van der Waals surface area contributed by atoms with Crippen molar-refractivity contribution in [2.24, 2.45) is 0 Å². The van der Waals surface area contributed by atoms with Crippen molar-refractivity contribution in [2.75, 3.05) is 23.3 Å². The molecule has 7 heteroatoms. The maximum absolute atomic E-state index is 12.0. The Kier molecular flexibility index (Phi) is 4.81. The van der Waals surface area contributed by atoms with Gasteiger partial charge in [0.1, 0.15) is 13.1 Å². The van der Waals surface area contributed by atoms with Crippen molar-refractivity contribution in [3.63, 3.8) is 0 Å². The van der Waals surface area contributed by atoms with Crippen LogP contribution < -0.4 is 10.2 Å². The molecule has 0 bridgehead atoms. The molecule has 0 atom stereocenters. The van der Waals surface area contributed by atoms with Crippen LogP contribution in [0.15, 0.2) is 48.8 Å². The monoisotopic (exact) mass is 286 g/mol. The van der Waals surface area contributed by atoms with Crippen LogP contribution in [0.1, 0.15) is 0 Å². The highest BCUT2D eigenvalue weighted by atomic mass is 16.4. The summed E-state index contributed by atoms with van der Waals surface area (Å²) >= 11 is 0. The Bertz CT molecular complexity index is 604. The van der Waals surface area contributed by atoms with Crippen molar-refractivity contribution in [2.45, 2.75) is 0 Å². The lowest BCUT2D eigenvalue weighted by atomic mass is 10.3. The minimum Gasteiger partial charge on any atom is -0.480 e. The Morgan fingerprint density at radius 1 is 1.05 bits per heavy atom. The van der Waals surface area contributed by atoms with Gasteiger partial charge in [0.05, 0.1) is 0 Å². The van der Waals surface area contributed by atoms with Crippen LogP contribution in [-0.2, 0) is 9.59 Å². The van der Waals surface area contributed by atoms with E-state index in [1.54, 1.807) is 30.3 Å². The summed E-state index contributed by atoms with van der Waals surface area (Å²) < 4.78 is 0. The van der Waals surface area contributed by atoms with E-state index in [0.29, 0.717) is 5.69 Å². The Hall–Kier alpha value is -2.96. The topological polar surface area (TPSA) is 95.4 Å². The number of carboxylic acid groups (broad SMARTS) is 1. The zero-order valence-electron chi connectivity index (χ0n) is 11.1. The predicted molar refractivity (Wildman–Crippen MR) is 77.0 cm³/mol. The number of aromatic nitrogens is 2. The molecule has 0 spiro atoms. The summed E-state index contributed by atoms with van der Waals surface area (Å²) in [4.78, 5) is 32.1. The Labute approximate surface area is 121 Å². The molecule has 108 valence electrons. The van der Waals surface area contributed by atoms with Gasteiger partial charge in [-0.15, -0.1) is 0 Å². The average molecular weight is 286 g/mol. The fraction of sp³-hybridized carbons (Fsp3) is 0.143. The second kappa shape index (κ2) is 6.99. The second-order valence-corrected chi connectivity index (χ2v) is 4.21. The van der Waals surface area contributed by atoms with Gasteiger partial charge in [0.15, 0.2) is 0 Å². The van der Waals surface area contributed by atoms with Gasteiger partial charge >= 0.3 is 5.97 Å². The quantitative estimate of drug-likeness (QED) is 0.822. The molecule has 1 aromatic carbocycles. The maximum atomic E-state index is 12.0. The molecule has 2 rings (SSSR count). The Morgan fingerprint density at radius 3 is 2.33 bits per heavy atom. The largest absolute Gasteiger partial charge is 0.480 e. The third-order valence-electron chi connectivity index (χ3n) is 2.55. The minimum absolute atomic E-state index is 0.148. The lowest BCUT2D eigenvalue weighted by Crippen LogP contribution is -2.38. The molecule has 2 aromatic rings. The first-order valence-electron chi connectivity index (χ1n) is 6.24. The summed E-state index contributed by atoms with van der Waals surface area (Å²) in [7, 11) is 0. The number of benzene rings is 1. The van der Waals surface area contributed by atoms with Gasteiger partial charge in [-0.25, -0.2) is 9.97 Å². The second-order valence-electron chi connectivity index (χ2n) is 4.21. The summed E-state index contributed by atoms with van der Waals surface area (Å²) in [5, 5.41) is 11.6. The number of aliphatic carboxylic acids is 1. The number of carbonyl (C=O) groups is 2. The molecule has 1 heterocycles. The van der Waals surface area contributed by atoms with Gasteiger partial charge in [-0.05, 0) is 18.2 Å². The molecule has 0 saturated carbocycles. The summed E-state index contributed by atoms with van der Waals surface area (Å²) in [5.41, 5.74) is 0.645. The number of para-hydroxylation sites is 1. The lowest BCUT2D eigenvalue weighted by Gasteiger charge is -2.19. The molecular weight excluding hydrogens is 272 g/mol. The van der Waals surface area contributed by atoms with E-state index in [4.69, 9.17) is 5.11 Å². The number of hydrogen-bond acceptors (Lipinski definition) is 5. The molecule has 1 aromatic heterocycles. The first-order chi connectivity index (χ1) is 10.1. The normalized spacial score (nSPS) is 9.90. The van der Waals surface area contributed by atoms with Crippen LogP contribution in [0.2, 0.25) is 0 Å². The Balaban J connectivity index is 2.05. The molecule has 1 amide bonds. The molecule has 21 heavy (non-hydrogen) atoms. The fourth-order valence-corrected chi connectivity index (χ4v) is 1.71. The third-order valence-corrected chi connectivity index (χ3v) is 2.55. The average Bonchev–Trinajstić information content (AvgIpc) is 2.48. The first-order valence-corrected chi connectivity index (χ1v) is 6.24. The van der Waals surface area contributed by atoms with Crippen LogP contribution in [0.4, 0.5) is 11.6 Å². The van der Waals surface area contributed by atoms with Gasteiger partial charge in [-0.3, -0.25) is 9.59 Å². The number of hydrogen-bond donors (Lipinski definition) is 2. The summed E-state index contributed by atoms with van der Waals surface area (Å²) in [6.45, 7) is -0.503. The molecule has 0 aliphatic carbocycles. The SMILES string of the molecule is O=C(O)CN(CC(=O)Nc1ccccc1)c1ncccn1. The maximum Gasteiger partial charge on any atom is 0.323 e. The molecule has 0 radical (unpaired) electrons. The zero-order chi connectivity index (χ0) is 15.1. The van der Waals surface area contributed by atoms with Crippen LogP contribution in [0.25, 0.3) is 0 Å². The molecule has 0 unspecified atom stereocenters. The lowest BCUT2D eigenvalue weighted by molar-refractivity contribution is -0.135. The molecular formula is C14H14N4O3. The predicted octanol–water partition coefficient (Wildman–Crippen LogP) is 1.01. The van der Waals surface area contributed by atoms with Crippen LogP contribution in [0, 0.1) is 0 Å². The van der Waals surface area contributed by atoms with Crippen molar-refractivity contribution in [3.05, 3.63) is 48.8 Å². The molecule has 2 N–H and O–H groups in total. The first kappa shape index (κ1) is 14.4.